The molecule has 0 radical (unpaired) electrons. The summed E-state index contributed by atoms with van der Waals surface area (Å²) in [5.41, 5.74) is 2.29. The first-order valence-electron chi connectivity index (χ1n) is 6.79. The summed E-state index contributed by atoms with van der Waals surface area (Å²) >= 11 is 1.64. The van der Waals surface area contributed by atoms with Crippen molar-refractivity contribution in [3.05, 3.63) is 52.0 Å². The molecule has 0 bridgehead atoms. The van der Waals surface area contributed by atoms with Crippen LogP contribution in [0.2, 0.25) is 0 Å². The zero-order valence-electron chi connectivity index (χ0n) is 11.6. The monoisotopic (exact) mass is 302 g/mol. The second kappa shape index (κ2) is 5.84. The fourth-order valence-electron chi connectivity index (χ4n) is 2.66. The fraction of sp³-hybridized carbons (Fsp3) is 0.312. The maximum Gasteiger partial charge on any atom is 0.124 e. The lowest BCUT2D eigenvalue weighted by Crippen LogP contribution is -2.43. The van der Waals surface area contributed by atoms with E-state index in [1.54, 1.807) is 17.4 Å². The van der Waals surface area contributed by atoms with Crippen molar-refractivity contribution in [3.8, 4) is 6.07 Å². The zero-order valence-corrected chi connectivity index (χ0v) is 12.4. The average molecular weight is 302 g/mol. The molecule has 2 atom stereocenters. The van der Waals surface area contributed by atoms with Crippen LogP contribution in [-0.4, -0.2) is 19.2 Å². The van der Waals surface area contributed by atoms with Gasteiger partial charge in [0.05, 0.1) is 17.4 Å². The van der Waals surface area contributed by atoms with Gasteiger partial charge in [0.25, 0.3) is 0 Å². The van der Waals surface area contributed by atoms with Gasteiger partial charge in [-0.05, 0) is 47.5 Å². The minimum absolute atomic E-state index is 0.0170. The third-order valence-corrected chi connectivity index (χ3v) is 4.30. The van der Waals surface area contributed by atoms with E-state index in [4.69, 9.17) is 4.74 Å². The van der Waals surface area contributed by atoms with Crippen LogP contribution in [0.4, 0.5) is 10.1 Å². The molecular weight excluding hydrogens is 287 g/mol. The Morgan fingerprint density at radius 1 is 1.38 bits per heavy atom. The maximum absolute atomic E-state index is 13.3. The number of thiophene rings is 1. The first kappa shape index (κ1) is 14.1. The van der Waals surface area contributed by atoms with Crippen molar-refractivity contribution in [2.24, 2.45) is 0 Å². The van der Waals surface area contributed by atoms with Gasteiger partial charge in [0.1, 0.15) is 18.0 Å². The van der Waals surface area contributed by atoms with E-state index in [0.29, 0.717) is 18.7 Å². The molecule has 1 aromatic carbocycles. The molecule has 108 valence electrons. The number of hydrogen-bond donors (Lipinski definition) is 0. The summed E-state index contributed by atoms with van der Waals surface area (Å²) in [7, 11) is 0. The van der Waals surface area contributed by atoms with Crippen molar-refractivity contribution in [1.82, 2.24) is 0 Å². The second-order valence-corrected chi connectivity index (χ2v) is 5.95. The van der Waals surface area contributed by atoms with Gasteiger partial charge in [-0.25, -0.2) is 4.39 Å². The van der Waals surface area contributed by atoms with E-state index in [-0.39, 0.29) is 18.0 Å². The molecule has 0 amide bonds. The summed E-state index contributed by atoms with van der Waals surface area (Å²) in [5, 5.41) is 13.3. The van der Waals surface area contributed by atoms with Crippen molar-refractivity contribution < 1.29 is 9.13 Å². The molecule has 2 heterocycles. The molecular formula is C16H15FN2OS. The SMILES string of the molecule is CC1CN(c2ccc(F)cc2C#N)CC(c2ccsc2)O1. The van der Waals surface area contributed by atoms with Gasteiger partial charge < -0.3 is 9.64 Å². The maximum atomic E-state index is 13.3. The Hall–Kier alpha value is -1.90. The molecule has 5 heteroatoms. The molecule has 0 saturated carbocycles. The van der Waals surface area contributed by atoms with Crippen molar-refractivity contribution >= 4 is 17.0 Å². The van der Waals surface area contributed by atoms with Crippen molar-refractivity contribution in [3.63, 3.8) is 0 Å². The van der Waals surface area contributed by atoms with E-state index in [1.807, 2.05) is 12.3 Å². The molecule has 3 nitrogen and oxygen atoms in total. The summed E-state index contributed by atoms with van der Waals surface area (Å²) in [4.78, 5) is 2.11. The number of rotatable bonds is 2. The van der Waals surface area contributed by atoms with Gasteiger partial charge in [-0.15, -0.1) is 0 Å². The quantitative estimate of drug-likeness (QED) is 0.848. The standard InChI is InChI=1S/C16H15FN2OS/c1-11-8-19(9-16(20-11)12-4-5-21-10-12)15-3-2-14(17)6-13(15)7-18/h2-6,10-11,16H,8-9H2,1H3. The molecule has 0 spiro atoms. The van der Waals surface area contributed by atoms with Crippen LogP contribution < -0.4 is 4.90 Å². The van der Waals surface area contributed by atoms with E-state index < -0.39 is 0 Å². The molecule has 21 heavy (non-hydrogen) atoms. The van der Waals surface area contributed by atoms with E-state index >= 15 is 0 Å². The second-order valence-electron chi connectivity index (χ2n) is 5.17. The first-order chi connectivity index (χ1) is 10.2. The highest BCUT2D eigenvalue weighted by molar-refractivity contribution is 7.07. The minimum atomic E-state index is -0.383. The molecule has 1 saturated heterocycles. The zero-order chi connectivity index (χ0) is 14.8. The smallest absolute Gasteiger partial charge is 0.124 e. The number of nitrogens with zero attached hydrogens (tertiary/aromatic N) is 2. The molecule has 0 N–H and O–H groups in total. The summed E-state index contributed by atoms with van der Waals surface area (Å²) in [6, 6.07) is 8.50. The lowest BCUT2D eigenvalue weighted by molar-refractivity contribution is -0.0171. The van der Waals surface area contributed by atoms with Crippen molar-refractivity contribution in [2.75, 3.05) is 18.0 Å². The van der Waals surface area contributed by atoms with Gasteiger partial charge in [-0.3, -0.25) is 0 Å². The Bertz CT molecular complexity index is 665. The minimum Gasteiger partial charge on any atom is -0.367 e. The van der Waals surface area contributed by atoms with E-state index in [9.17, 15) is 9.65 Å². The van der Waals surface area contributed by atoms with Gasteiger partial charge in [0.2, 0.25) is 0 Å². The lowest BCUT2D eigenvalue weighted by atomic mass is 10.1. The Kier molecular flexibility index (Phi) is 3.91. The number of nitriles is 1. The number of benzene rings is 1. The highest BCUT2D eigenvalue weighted by Gasteiger charge is 2.28. The summed E-state index contributed by atoms with van der Waals surface area (Å²) in [6.45, 7) is 3.38. The normalized spacial score (nSPS) is 22.0. The van der Waals surface area contributed by atoms with Gasteiger partial charge >= 0.3 is 0 Å². The predicted octanol–water partition coefficient (Wildman–Crippen LogP) is 3.73. The Morgan fingerprint density at radius 3 is 2.95 bits per heavy atom. The molecule has 1 fully saturated rings. The largest absolute Gasteiger partial charge is 0.367 e. The number of hydrogen-bond acceptors (Lipinski definition) is 4. The molecule has 2 unspecified atom stereocenters. The third-order valence-electron chi connectivity index (χ3n) is 3.59. The summed E-state index contributed by atoms with van der Waals surface area (Å²) < 4.78 is 19.3. The molecule has 0 aliphatic carbocycles. The first-order valence-corrected chi connectivity index (χ1v) is 7.74. The van der Waals surface area contributed by atoms with Crippen LogP contribution in [0.1, 0.15) is 24.2 Å². The van der Waals surface area contributed by atoms with Crippen LogP contribution in [0.25, 0.3) is 0 Å². The van der Waals surface area contributed by atoms with E-state index in [1.165, 1.54) is 12.1 Å². The van der Waals surface area contributed by atoms with Gasteiger partial charge in [-0.1, -0.05) is 0 Å². The van der Waals surface area contributed by atoms with Crippen molar-refractivity contribution in [1.29, 1.82) is 5.26 Å². The number of anilines is 1. The van der Waals surface area contributed by atoms with Crippen LogP contribution in [0.15, 0.2) is 35.0 Å². The highest BCUT2D eigenvalue weighted by Crippen LogP contribution is 2.31. The van der Waals surface area contributed by atoms with Crippen LogP contribution in [0.3, 0.4) is 0 Å². The number of ether oxygens (including phenoxy) is 1. The molecule has 2 aromatic rings. The van der Waals surface area contributed by atoms with Gasteiger partial charge in [0.15, 0.2) is 0 Å². The summed E-state index contributed by atoms with van der Waals surface area (Å²) in [5.74, 6) is -0.383. The fourth-order valence-corrected chi connectivity index (χ4v) is 3.37. The lowest BCUT2D eigenvalue weighted by Gasteiger charge is -2.38. The van der Waals surface area contributed by atoms with E-state index in [2.05, 4.69) is 22.4 Å². The molecule has 1 aliphatic rings. The van der Waals surface area contributed by atoms with Crippen LogP contribution in [-0.2, 0) is 4.74 Å². The van der Waals surface area contributed by atoms with Crippen LogP contribution in [0.5, 0.6) is 0 Å². The number of morpholine rings is 1. The van der Waals surface area contributed by atoms with Gasteiger partial charge in [0, 0.05) is 13.1 Å². The van der Waals surface area contributed by atoms with Crippen LogP contribution >= 0.6 is 11.3 Å². The molecule has 3 rings (SSSR count). The molecule has 1 aromatic heterocycles. The summed E-state index contributed by atoms with van der Waals surface area (Å²) in [6.07, 6.45) is 0.0387. The van der Waals surface area contributed by atoms with Crippen LogP contribution in [0, 0.1) is 17.1 Å². The van der Waals surface area contributed by atoms with Crippen molar-refractivity contribution in [2.45, 2.75) is 19.1 Å². The van der Waals surface area contributed by atoms with Gasteiger partial charge in [-0.2, -0.15) is 16.6 Å². The number of halogens is 1. The predicted molar refractivity (Wildman–Crippen MR) is 80.9 cm³/mol. The molecule has 1 aliphatic heterocycles. The Balaban J connectivity index is 1.90. The average Bonchev–Trinajstić information content (AvgIpc) is 3.00. The topological polar surface area (TPSA) is 36.3 Å². The highest BCUT2D eigenvalue weighted by atomic mass is 32.1. The van der Waals surface area contributed by atoms with E-state index in [0.717, 1.165) is 11.3 Å². The Morgan fingerprint density at radius 2 is 2.24 bits per heavy atom. The Labute approximate surface area is 127 Å². The third kappa shape index (κ3) is 2.92.